The topological polar surface area (TPSA) is 35.0 Å². The van der Waals surface area contributed by atoms with Crippen LogP contribution in [0.1, 0.15) is 0 Å². The molecule has 1 aromatic carbocycles. The summed E-state index contributed by atoms with van der Waals surface area (Å²) < 4.78 is 31.3. The van der Waals surface area contributed by atoms with E-state index in [1.54, 1.807) is 0 Å². The lowest BCUT2D eigenvalue weighted by molar-refractivity contribution is 0.417. The minimum absolute atomic E-state index is 0.0561. The highest BCUT2D eigenvalue weighted by atomic mass is 35.5. The van der Waals surface area contributed by atoms with Crippen LogP contribution in [0.3, 0.4) is 0 Å². The molecule has 2 rings (SSSR count). The van der Waals surface area contributed by atoms with Gasteiger partial charge < -0.3 is 4.74 Å². The van der Waals surface area contributed by atoms with Crippen LogP contribution in [-0.2, 0) is 0 Å². The molecule has 0 bridgehead atoms. The molecule has 0 aliphatic heterocycles. The summed E-state index contributed by atoms with van der Waals surface area (Å²) in [5.74, 6) is -1.80. The first-order valence-electron chi connectivity index (χ1n) is 4.37. The van der Waals surface area contributed by atoms with Crippen molar-refractivity contribution in [2.45, 2.75) is 0 Å². The van der Waals surface area contributed by atoms with Gasteiger partial charge in [0.25, 0.3) is 5.88 Å². The van der Waals surface area contributed by atoms with Crippen molar-refractivity contribution >= 4 is 23.2 Å². The molecule has 7 heteroatoms. The predicted octanol–water partition coefficient (Wildman–Crippen LogP) is 3.85. The Kier molecular flexibility index (Phi) is 3.40. The molecule has 0 amide bonds. The van der Waals surface area contributed by atoms with Crippen LogP contribution in [0.4, 0.5) is 8.78 Å². The molecule has 0 fully saturated rings. The Morgan fingerprint density at radius 1 is 1.12 bits per heavy atom. The Bertz CT molecular complexity index is 566. The van der Waals surface area contributed by atoms with Crippen LogP contribution in [0.2, 0.25) is 10.3 Å². The summed E-state index contributed by atoms with van der Waals surface area (Å²) in [4.78, 5) is 6.94. The van der Waals surface area contributed by atoms with E-state index in [0.717, 1.165) is 12.3 Å². The molecule has 1 aromatic heterocycles. The van der Waals surface area contributed by atoms with Gasteiger partial charge in [0.05, 0.1) is 11.2 Å². The van der Waals surface area contributed by atoms with Gasteiger partial charge in [-0.25, -0.2) is 9.37 Å². The van der Waals surface area contributed by atoms with Crippen LogP contribution in [0, 0.1) is 11.6 Å². The number of rotatable bonds is 2. The highest BCUT2D eigenvalue weighted by Crippen LogP contribution is 2.26. The molecule has 0 aliphatic carbocycles. The predicted molar refractivity (Wildman–Crippen MR) is 58.5 cm³/mol. The van der Waals surface area contributed by atoms with Gasteiger partial charge in [0.15, 0.2) is 0 Å². The number of ether oxygens (including phenoxy) is 1. The van der Waals surface area contributed by atoms with Gasteiger partial charge in [-0.2, -0.15) is 9.37 Å². The fourth-order valence-corrected chi connectivity index (χ4v) is 1.30. The van der Waals surface area contributed by atoms with Crippen LogP contribution in [-0.4, -0.2) is 9.97 Å². The molecular formula is C10H4Cl2F2N2O. The molecule has 0 radical (unpaired) electrons. The maximum absolute atomic E-state index is 13.2. The van der Waals surface area contributed by atoms with Gasteiger partial charge in [-0.05, 0) is 23.7 Å². The second-order valence-corrected chi connectivity index (χ2v) is 3.72. The number of aromatic nitrogens is 2. The molecule has 1 heterocycles. The summed E-state index contributed by atoms with van der Waals surface area (Å²) in [6.07, 6.45) is 0.858. The Morgan fingerprint density at radius 3 is 2.59 bits per heavy atom. The first-order valence-corrected chi connectivity index (χ1v) is 5.13. The standard InChI is InChI=1S/C10H4Cl2F2N2O/c11-6-2-1-5(3-7(6)13)17-9-8(14)4-15-10(12)16-9/h1-4H. The summed E-state index contributed by atoms with van der Waals surface area (Å²) >= 11 is 11.0. The summed E-state index contributed by atoms with van der Waals surface area (Å²) in [5, 5.41) is -0.227. The van der Waals surface area contributed by atoms with Gasteiger partial charge in [-0.3, -0.25) is 0 Å². The lowest BCUT2D eigenvalue weighted by atomic mass is 10.3. The number of nitrogens with zero attached hydrogens (tertiary/aromatic N) is 2. The zero-order chi connectivity index (χ0) is 12.4. The van der Waals surface area contributed by atoms with Gasteiger partial charge in [0.1, 0.15) is 11.6 Å². The monoisotopic (exact) mass is 276 g/mol. The van der Waals surface area contributed by atoms with Crippen molar-refractivity contribution in [1.29, 1.82) is 0 Å². The molecule has 0 saturated heterocycles. The first-order chi connectivity index (χ1) is 8.06. The summed E-state index contributed by atoms with van der Waals surface area (Å²) in [7, 11) is 0. The smallest absolute Gasteiger partial charge is 0.260 e. The fraction of sp³-hybridized carbons (Fsp3) is 0. The first kappa shape index (κ1) is 12.0. The number of hydrogen-bond donors (Lipinski definition) is 0. The zero-order valence-electron chi connectivity index (χ0n) is 8.12. The van der Waals surface area contributed by atoms with Gasteiger partial charge in [0, 0.05) is 6.07 Å². The molecule has 0 unspecified atom stereocenters. The molecule has 88 valence electrons. The van der Waals surface area contributed by atoms with E-state index in [0.29, 0.717) is 0 Å². The van der Waals surface area contributed by atoms with Crippen LogP contribution < -0.4 is 4.74 Å². The minimum Gasteiger partial charge on any atom is -0.436 e. The molecular weight excluding hydrogens is 273 g/mol. The molecule has 2 aromatic rings. The van der Waals surface area contributed by atoms with E-state index in [2.05, 4.69) is 9.97 Å². The van der Waals surface area contributed by atoms with Gasteiger partial charge in [-0.15, -0.1) is 0 Å². The van der Waals surface area contributed by atoms with E-state index in [1.165, 1.54) is 12.1 Å². The highest BCUT2D eigenvalue weighted by molar-refractivity contribution is 6.30. The van der Waals surface area contributed by atoms with Crippen molar-refractivity contribution in [3.63, 3.8) is 0 Å². The van der Waals surface area contributed by atoms with Crippen molar-refractivity contribution in [1.82, 2.24) is 9.97 Å². The van der Waals surface area contributed by atoms with Crippen LogP contribution in [0.5, 0.6) is 11.6 Å². The zero-order valence-corrected chi connectivity index (χ0v) is 9.64. The van der Waals surface area contributed by atoms with E-state index in [1.807, 2.05) is 0 Å². The molecule has 0 spiro atoms. The van der Waals surface area contributed by atoms with Crippen LogP contribution in [0.25, 0.3) is 0 Å². The third-order valence-electron chi connectivity index (χ3n) is 1.79. The van der Waals surface area contributed by atoms with E-state index < -0.39 is 11.6 Å². The molecule has 0 saturated carbocycles. The number of hydrogen-bond acceptors (Lipinski definition) is 3. The quantitative estimate of drug-likeness (QED) is 0.782. The number of benzene rings is 1. The molecule has 3 nitrogen and oxygen atoms in total. The highest BCUT2D eigenvalue weighted by Gasteiger charge is 2.10. The van der Waals surface area contributed by atoms with E-state index in [4.69, 9.17) is 27.9 Å². The average Bonchev–Trinajstić information content (AvgIpc) is 2.29. The maximum Gasteiger partial charge on any atom is 0.260 e. The molecule has 17 heavy (non-hydrogen) atoms. The normalized spacial score (nSPS) is 10.4. The van der Waals surface area contributed by atoms with E-state index in [-0.39, 0.29) is 21.9 Å². The average molecular weight is 277 g/mol. The van der Waals surface area contributed by atoms with Gasteiger partial charge in [-0.1, -0.05) is 11.6 Å². The second-order valence-electron chi connectivity index (χ2n) is 2.97. The molecule has 0 aliphatic rings. The lowest BCUT2D eigenvalue weighted by Crippen LogP contribution is -1.94. The Labute approximate surface area is 105 Å². The summed E-state index contributed by atoms with van der Waals surface area (Å²) in [5.41, 5.74) is 0. The third-order valence-corrected chi connectivity index (χ3v) is 2.28. The van der Waals surface area contributed by atoms with Crippen molar-refractivity contribution in [3.8, 4) is 11.6 Å². The van der Waals surface area contributed by atoms with Gasteiger partial charge >= 0.3 is 0 Å². The Morgan fingerprint density at radius 2 is 1.88 bits per heavy atom. The van der Waals surface area contributed by atoms with Crippen LogP contribution >= 0.6 is 23.2 Å². The summed E-state index contributed by atoms with van der Waals surface area (Å²) in [6, 6.07) is 3.67. The molecule has 0 atom stereocenters. The number of halogens is 4. The van der Waals surface area contributed by atoms with Crippen molar-refractivity contribution in [2.75, 3.05) is 0 Å². The molecule has 0 N–H and O–H groups in total. The largest absolute Gasteiger partial charge is 0.436 e. The third kappa shape index (κ3) is 2.81. The Balaban J connectivity index is 2.31. The van der Waals surface area contributed by atoms with Crippen molar-refractivity contribution in [3.05, 3.63) is 46.3 Å². The second kappa shape index (κ2) is 4.81. The Hall–Kier alpha value is -1.46. The van der Waals surface area contributed by atoms with Crippen molar-refractivity contribution < 1.29 is 13.5 Å². The van der Waals surface area contributed by atoms with E-state index >= 15 is 0 Å². The van der Waals surface area contributed by atoms with Gasteiger partial charge in [0.2, 0.25) is 11.1 Å². The summed E-state index contributed by atoms with van der Waals surface area (Å²) in [6.45, 7) is 0. The minimum atomic E-state index is -0.801. The van der Waals surface area contributed by atoms with Crippen LogP contribution in [0.15, 0.2) is 24.4 Å². The SMILES string of the molecule is Fc1cc(Oc2nc(Cl)ncc2F)ccc1Cl. The fourth-order valence-electron chi connectivity index (χ4n) is 1.05. The maximum atomic E-state index is 13.2. The van der Waals surface area contributed by atoms with E-state index in [9.17, 15) is 8.78 Å². The lowest BCUT2D eigenvalue weighted by Gasteiger charge is -2.05. The van der Waals surface area contributed by atoms with Crippen molar-refractivity contribution in [2.24, 2.45) is 0 Å².